The minimum atomic E-state index is -1.73. The van der Waals surface area contributed by atoms with Crippen molar-refractivity contribution >= 4 is 59.4 Å². The smallest absolute Gasteiger partial charge is 0.408 e. The Kier molecular flexibility index (Phi) is 18.8. The summed E-state index contributed by atoms with van der Waals surface area (Å²) in [6.07, 6.45) is -4.49. The molecule has 0 radical (unpaired) electrons. The molecule has 380 valence electrons. The Morgan fingerprint density at radius 1 is 0.757 bits per heavy atom. The highest BCUT2D eigenvalue weighted by molar-refractivity contribution is 5.99. The third kappa shape index (κ3) is 14.5. The number of hydrogen-bond acceptors (Lipinski definition) is 13. The van der Waals surface area contributed by atoms with Gasteiger partial charge in [0, 0.05) is 19.9 Å². The summed E-state index contributed by atoms with van der Waals surface area (Å²) in [7, 11) is 1.28. The summed E-state index contributed by atoms with van der Waals surface area (Å²) in [5.74, 6) is -9.64. The topological polar surface area (TPSA) is 308 Å². The van der Waals surface area contributed by atoms with E-state index in [1.807, 2.05) is 0 Å². The monoisotopic (exact) mass is 976 g/mol. The summed E-state index contributed by atoms with van der Waals surface area (Å²) < 4.78 is 11.0. The highest BCUT2D eigenvalue weighted by Crippen LogP contribution is 2.33. The number of nitrogens with zero attached hydrogens (tertiary/aromatic N) is 2. The van der Waals surface area contributed by atoms with Crippen LogP contribution in [0.25, 0.3) is 0 Å². The van der Waals surface area contributed by atoms with Crippen LogP contribution in [0.15, 0.2) is 60.7 Å². The van der Waals surface area contributed by atoms with Crippen molar-refractivity contribution in [1.29, 1.82) is 0 Å². The first-order valence-corrected chi connectivity index (χ1v) is 23.4. The number of piperidine rings is 1. The van der Waals surface area contributed by atoms with Crippen molar-refractivity contribution in [2.45, 2.75) is 147 Å². The lowest BCUT2D eigenvalue weighted by Crippen LogP contribution is -2.65. The second kappa shape index (κ2) is 24.4. The van der Waals surface area contributed by atoms with Gasteiger partial charge >= 0.3 is 18.0 Å². The molecule has 8 N–H and O–H groups in total. The number of fused-ring (bicyclic) bond motifs is 2. The van der Waals surface area contributed by atoms with Gasteiger partial charge in [0.15, 0.2) is 0 Å². The van der Waals surface area contributed by atoms with Crippen molar-refractivity contribution in [2.24, 2.45) is 11.8 Å². The quantitative estimate of drug-likeness (QED) is 0.116. The fourth-order valence-electron chi connectivity index (χ4n) is 8.16. The molecule has 70 heavy (non-hydrogen) atoms. The van der Waals surface area contributed by atoms with Crippen molar-refractivity contribution in [3.05, 3.63) is 71.8 Å². The normalized spacial score (nSPS) is 25.9. The predicted molar refractivity (Wildman–Crippen MR) is 247 cm³/mol. The minimum absolute atomic E-state index is 0.0647. The van der Waals surface area contributed by atoms with Crippen LogP contribution in [0.3, 0.4) is 0 Å². The number of carbonyl (C=O) groups excluding carboxylic acids is 9. The van der Waals surface area contributed by atoms with Crippen LogP contribution in [-0.4, -0.2) is 147 Å². The molecule has 1 aliphatic carbocycles. The number of nitrogens with one attached hydrogen (secondary N) is 6. The largest absolute Gasteiger partial charge is 0.481 e. The lowest BCUT2D eigenvalue weighted by Gasteiger charge is -2.43. The zero-order chi connectivity index (χ0) is 51.4. The zero-order valence-electron chi connectivity index (χ0n) is 40.0. The maximum absolute atomic E-state index is 14.6. The second-order valence-electron chi connectivity index (χ2n) is 18.3. The molecule has 1 unspecified atom stereocenters. The van der Waals surface area contributed by atoms with Gasteiger partial charge in [0.25, 0.3) is 0 Å². The molecule has 1 saturated carbocycles. The van der Waals surface area contributed by atoms with Crippen molar-refractivity contribution < 1.29 is 67.6 Å². The molecule has 2 aromatic rings. The van der Waals surface area contributed by atoms with Gasteiger partial charge in [-0.25, -0.2) is 9.59 Å². The van der Waals surface area contributed by atoms with Gasteiger partial charge in [-0.05, 0) is 75.8 Å². The Bertz CT molecular complexity index is 2240. The number of rotatable bonds is 14. The molecule has 5 rings (SSSR count). The van der Waals surface area contributed by atoms with E-state index in [4.69, 9.17) is 9.47 Å². The molecule has 2 saturated heterocycles. The molecule has 0 aromatic heterocycles. The van der Waals surface area contributed by atoms with Crippen LogP contribution < -0.4 is 31.9 Å². The number of benzene rings is 2. The molecule has 22 heteroatoms. The average Bonchev–Trinajstić information content (AvgIpc) is 4.17. The number of aliphatic hydroxyl groups excluding tert-OH is 1. The number of aliphatic carboxylic acids is 1. The lowest BCUT2D eigenvalue weighted by molar-refractivity contribution is -0.166. The lowest BCUT2D eigenvalue weighted by atomic mass is 9.96. The molecule has 3 aliphatic rings. The van der Waals surface area contributed by atoms with E-state index < -0.39 is 145 Å². The van der Waals surface area contributed by atoms with Gasteiger partial charge in [-0.15, -0.1) is 0 Å². The fraction of sp³-hybridized carbons (Fsp3) is 0.542. The first-order valence-electron chi connectivity index (χ1n) is 23.4. The summed E-state index contributed by atoms with van der Waals surface area (Å²) in [6, 6.07) is 6.01. The molecule has 2 bridgehead atoms. The van der Waals surface area contributed by atoms with Gasteiger partial charge in [0.05, 0.1) is 0 Å². The molecular weight excluding hydrogens is 913 g/mol. The van der Waals surface area contributed by atoms with E-state index in [2.05, 4.69) is 31.9 Å². The first-order chi connectivity index (χ1) is 33.2. The number of cyclic esters (lactones) is 1. The predicted octanol–water partition coefficient (Wildman–Crippen LogP) is 0.000400. The number of alkyl carbamates (subject to hydrolysis) is 1. The molecule has 2 aromatic carbocycles. The highest BCUT2D eigenvalue weighted by Gasteiger charge is 2.47. The van der Waals surface area contributed by atoms with Gasteiger partial charge in [-0.2, -0.15) is 0 Å². The van der Waals surface area contributed by atoms with E-state index in [1.54, 1.807) is 74.5 Å². The number of ether oxygens (including phenoxy) is 2. The van der Waals surface area contributed by atoms with Crippen LogP contribution in [0.5, 0.6) is 0 Å². The number of carbonyl (C=O) groups is 10. The van der Waals surface area contributed by atoms with Crippen molar-refractivity contribution in [1.82, 2.24) is 41.7 Å². The summed E-state index contributed by atoms with van der Waals surface area (Å²) >= 11 is 0. The van der Waals surface area contributed by atoms with Crippen LogP contribution in [0, 0.1) is 11.8 Å². The van der Waals surface area contributed by atoms with Gasteiger partial charge in [0.1, 0.15) is 67.3 Å². The molecule has 22 nitrogen and oxygen atoms in total. The Labute approximate surface area is 405 Å². The van der Waals surface area contributed by atoms with Crippen molar-refractivity contribution in [3.63, 3.8) is 0 Å². The Balaban J connectivity index is 1.45. The maximum atomic E-state index is 14.6. The van der Waals surface area contributed by atoms with Gasteiger partial charge in [-0.3, -0.25) is 38.4 Å². The number of carboxylic acids is 1. The third-order valence-electron chi connectivity index (χ3n) is 12.5. The minimum Gasteiger partial charge on any atom is -0.481 e. The number of hydrogen-bond donors (Lipinski definition) is 8. The standard InChI is InChI=1S/C48H64N8O14/c1-25(2)37-47(67)70-28(5)38(53-41(61)26(3)49-40(60)27(4)50-48(68)69-24-30-15-11-8-12-16-30)43(63)54-39(31-17-18-31)44(64)51-32-19-21-35(57)56(45(32)65)33(20-22-36(58)59)46(66)55(6)34(42(62)52-37)23-29-13-9-7-10-14-29/h7-16,25-28,31-35,37-39,57H,17-24H2,1-6H3,(H,49,60)(H,50,68)(H,51,64)(H,52,62)(H,53,61)(H,54,63)(H,58,59)/t26-,27?,28+,32-,33-,34-,35+,37-,38-,39-/m0/s1. The van der Waals surface area contributed by atoms with Crippen LogP contribution in [0.2, 0.25) is 0 Å². The molecule has 10 atom stereocenters. The average molecular weight is 977 g/mol. The zero-order valence-corrected chi connectivity index (χ0v) is 40.0. The summed E-state index contributed by atoms with van der Waals surface area (Å²) in [4.78, 5) is 139. The van der Waals surface area contributed by atoms with E-state index >= 15 is 0 Å². The third-order valence-corrected chi connectivity index (χ3v) is 12.5. The Morgan fingerprint density at radius 2 is 1.37 bits per heavy atom. The fourth-order valence-corrected chi connectivity index (χ4v) is 8.16. The van der Waals surface area contributed by atoms with Crippen LogP contribution in [-0.2, 0) is 65.7 Å². The molecular formula is C48H64N8O14. The number of esters is 1. The summed E-state index contributed by atoms with van der Waals surface area (Å²) in [6.45, 7) is 7.10. The van der Waals surface area contributed by atoms with E-state index in [0.29, 0.717) is 24.0 Å². The van der Waals surface area contributed by atoms with Crippen LogP contribution >= 0.6 is 0 Å². The molecule has 2 aliphatic heterocycles. The summed E-state index contributed by atoms with van der Waals surface area (Å²) in [5.41, 5.74) is 1.30. The maximum Gasteiger partial charge on any atom is 0.408 e. The number of amides is 8. The van der Waals surface area contributed by atoms with Crippen LogP contribution in [0.4, 0.5) is 4.79 Å². The number of carboxylic acid groups (broad SMARTS) is 1. The first kappa shape index (κ1) is 53.8. The second-order valence-corrected chi connectivity index (χ2v) is 18.3. The molecule has 3 fully saturated rings. The van der Waals surface area contributed by atoms with E-state index in [1.165, 1.54) is 27.8 Å². The number of aliphatic hydroxyl groups is 1. The molecule has 8 amide bonds. The summed E-state index contributed by atoms with van der Waals surface area (Å²) in [5, 5.41) is 36.3. The van der Waals surface area contributed by atoms with E-state index in [-0.39, 0.29) is 25.9 Å². The van der Waals surface area contributed by atoms with E-state index in [9.17, 15) is 58.2 Å². The molecule has 2 heterocycles. The van der Waals surface area contributed by atoms with Crippen molar-refractivity contribution in [2.75, 3.05) is 7.05 Å². The number of likely N-dealkylation sites (N-methyl/N-ethyl adjacent to an activating group) is 1. The van der Waals surface area contributed by atoms with E-state index in [0.717, 1.165) is 9.80 Å². The molecule has 0 spiro atoms. The SMILES string of the molecule is CC(NC(=O)OCc1ccccc1)C(=O)N[C@@H](C)C(=O)N[C@@H]1C(=O)N[C@@H](C2CC2)C(=O)N[C@H]2CC[C@@H](O)N(C2=O)[C@@H](CCC(=O)O)C(=O)N(C)[C@@H](Cc2ccccc2)C(=O)N[C@@H](C(C)C)C(=O)O[C@@H]1C. The van der Waals surface area contributed by atoms with Crippen LogP contribution in [0.1, 0.15) is 84.3 Å². The van der Waals surface area contributed by atoms with Gasteiger partial charge in [0.2, 0.25) is 41.4 Å². The van der Waals surface area contributed by atoms with Gasteiger partial charge in [-0.1, -0.05) is 74.5 Å². The Hall–Kier alpha value is -7.10. The highest BCUT2D eigenvalue weighted by atomic mass is 16.6. The van der Waals surface area contributed by atoms with Crippen molar-refractivity contribution in [3.8, 4) is 0 Å². The Morgan fingerprint density at radius 3 is 1.97 bits per heavy atom. The van der Waals surface area contributed by atoms with Gasteiger partial charge < -0.3 is 61.4 Å².